The van der Waals surface area contributed by atoms with Gasteiger partial charge in [0.05, 0.1) is 6.54 Å². The molecule has 2 atom stereocenters. The van der Waals surface area contributed by atoms with Gasteiger partial charge in [0.15, 0.2) is 0 Å². The summed E-state index contributed by atoms with van der Waals surface area (Å²) >= 11 is 0. The van der Waals surface area contributed by atoms with Crippen molar-refractivity contribution in [2.75, 3.05) is 19.6 Å². The van der Waals surface area contributed by atoms with Crippen LogP contribution in [0.2, 0.25) is 0 Å². The summed E-state index contributed by atoms with van der Waals surface area (Å²) < 4.78 is 0. The van der Waals surface area contributed by atoms with Crippen LogP contribution < -0.4 is 5.32 Å². The van der Waals surface area contributed by atoms with Crippen LogP contribution in [0, 0.1) is 17.8 Å². The van der Waals surface area contributed by atoms with E-state index in [1.54, 1.807) is 0 Å². The molecule has 0 bridgehead atoms. The second kappa shape index (κ2) is 5.70. The molecule has 0 saturated carbocycles. The Kier molecular flexibility index (Phi) is 4.83. The van der Waals surface area contributed by atoms with Crippen LogP contribution >= 0.6 is 0 Å². The van der Waals surface area contributed by atoms with E-state index in [9.17, 15) is 0 Å². The third-order valence-electron chi connectivity index (χ3n) is 3.77. The highest BCUT2D eigenvalue weighted by Crippen LogP contribution is 2.22. The molecule has 92 valence electrons. The molecule has 16 heavy (non-hydrogen) atoms. The van der Waals surface area contributed by atoms with Gasteiger partial charge in [-0.15, -0.1) is 5.92 Å². The van der Waals surface area contributed by atoms with Crippen LogP contribution in [0.1, 0.15) is 41.0 Å². The monoisotopic (exact) mass is 222 g/mol. The van der Waals surface area contributed by atoms with Crippen LogP contribution in [-0.2, 0) is 0 Å². The first kappa shape index (κ1) is 13.5. The molecule has 1 N–H and O–H groups in total. The zero-order valence-corrected chi connectivity index (χ0v) is 11.4. The van der Waals surface area contributed by atoms with Gasteiger partial charge in [-0.3, -0.25) is 4.90 Å². The number of nitrogens with zero attached hydrogens (tertiary/aromatic N) is 1. The second-order valence-corrected chi connectivity index (χ2v) is 5.44. The van der Waals surface area contributed by atoms with Gasteiger partial charge in [-0.1, -0.05) is 26.7 Å². The van der Waals surface area contributed by atoms with Crippen LogP contribution in [0.15, 0.2) is 0 Å². The quantitative estimate of drug-likeness (QED) is 0.736. The van der Waals surface area contributed by atoms with Crippen molar-refractivity contribution in [3.8, 4) is 11.8 Å². The van der Waals surface area contributed by atoms with Gasteiger partial charge >= 0.3 is 0 Å². The average molecular weight is 222 g/mol. The summed E-state index contributed by atoms with van der Waals surface area (Å²) in [6, 6.07) is 0.625. The van der Waals surface area contributed by atoms with E-state index in [1.165, 1.54) is 6.42 Å². The molecule has 1 aliphatic rings. The molecule has 1 rings (SSSR count). The van der Waals surface area contributed by atoms with Gasteiger partial charge in [0.1, 0.15) is 0 Å². The van der Waals surface area contributed by atoms with Crippen molar-refractivity contribution in [2.24, 2.45) is 5.92 Å². The van der Waals surface area contributed by atoms with Crippen molar-refractivity contribution in [1.29, 1.82) is 0 Å². The lowest BCUT2D eigenvalue weighted by atomic mass is 9.90. The van der Waals surface area contributed by atoms with Crippen LogP contribution in [0.5, 0.6) is 0 Å². The molecular weight excluding hydrogens is 196 g/mol. The lowest BCUT2D eigenvalue weighted by Gasteiger charge is -2.46. The highest BCUT2D eigenvalue weighted by Gasteiger charge is 2.35. The SMILES string of the molecule is CC#CCN1CC(C)(CC)NCC1C(C)C. The Labute approximate surface area is 101 Å². The Morgan fingerprint density at radius 1 is 1.50 bits per heavy atom. The Morgan fingerprint density at radius 3 is 2.69 bits per heavy atom. The highest BCUT2D eigenvalue weighted by atomic mass is 15.2. The van der Waals surface area contributed by atoms with E-state index in [-0.39, 0.29) is 5.54 Å². The standard InChI is InChI=1S/C14H26N2/c1-6-8-9-16-11-14(5,7-2)15-10-13(16)12(3)4/h12-13,15H,7,9-11H2,1-5H3. The number of hydrogen-bond donors (Lipinski definition) is 1. The summed E-state index contributed by atoms with van der Waals surface area (Å²) in [4.78, 5) is 2.54. The Bertz CT molecular complexity index is 274. The summed E-state index contributed by atoms with van der Waals surface area (Å²) in [7, 11) is 0. The third kappa shape index (κ3) is 3.23. The minimum Gasteiger partial charge on any atom is -0.309 e. The van der Waals surface area contributed by atoms with Crippen molar-refractivity contribution in [3.05, 3.63) is 0 Å². The van der Waals surface area contributed by atoms with Gasteiger partial charge in [-0.2, -0.15) is 0 Å². The Balaban J connectivity index is 2.71. The first-order valence-corrected chi connectivity index (χ1v) is 6.41. The van der Waals surface area contributed by atoms with E-state index in [0.29, 0.717) is 12.0 Å². The van der Waals surface area contributed by atoms with Crippen molar-refractivity contribution < 1.29 is 0 Å². The van der Waals surface area contributed by atoms with Crippen LogP contribution in [0.3, 0.4) is 0 Å². The average Bonchev–Trinajstić information content (AvgIpc) is 2.26. The highest BCUT2D eigenvalue weighted by molar-refractivity contribution is 5.03. The third-order valence-corrected chi connectivity index (χ3v) is 3.77. The largest absolute Gasteiger partial charge is 0.309 e. The first-order valence-electron chi connectivity index (χ1n) is 6.41. The van der Waals surface area contributed by atoms with Gasteiger partial charge in [0.2, 0.25) is 0 Å². The fourth-order valence-electron chi connectivity index (χ4n) is 2.35. The summed E-state index contributed by atoms with van der Waals surface area (Å²) in [5, 5.41) is 3.69. The van der Waals surface area contributed by atoms with Gasteiger partial charge in [0, 0.05) is 24.7 Å². The minimum absolute atomic E-state index is 0.265. The summed E-state index contributed by atoms with van der Waals surface area (Å²) in [6.45, 7) is 14.2. The van der Waals surface area contributed by atoms with Crippen molar-refractivity contribution >= 4 is 0 Å². The minimum atomic E-state index is 0.265. The van der Waals surface area contributed by atoms with E-state index in [1.807, 2.05) is 6.92 Å². The van der Waals surface area contributed by atoms with E-state index >= 15 is 0 Å². The molecule has 0 amide bonds. The molecule has 2 heteroatoms. The molecule has 1 saturated heterocycles. The number of hydrogen-bond acceptors (Lipinski definition) is 2. The van der Waals surface area contributed by atoms with Crippen molar-refractivity contribution in [1.82, 2.24) is 10.2 Å². The smallest absolute Gasteiger partial charge is 0.0605 e. The Hall–Kier alpha value is -0.520. The number of piperazine rings is 1. The maximum Gasteiger partial charge on any atom is 0.0605 e. The van der Waals surface area contributed by atoms with Gasteiger partial charge in [-0.05, 0) is 26.2 Å². The van der Waals surface area contributed by atoms with Crippen molar-refractivity contribution in [2.45, 2.75) is 52.6 Å². The predicted octanol–water partition coefficient (Wildman–Crippen LogP) is 2.11. The number of nitrogens with one attached hydrogen (secondary N) is 1. The molecule has 0 radical (unpaired) electrons. The lowest BCUT2D eigenvalue weighted by molar-refractivity contribution is 0.0725. The summed E-state index contributed by atoms with van der Waals surface area (Å²) in [5.74, 6) is 6.91. The molecule has 0 aromatic rings. The molecule has 1 fully saturated rings. The fraction of sp³-hybridized carbons (Fsp3) is 0.857. The van der Waals surface area contributed by atoms with Crippen LogP contribution in [-0.4, -0.2) is 36.1 Å². The van der Waals surface area contributed by atoms with E-state index in [0.717, 1.165) is 19.6 Å². The Morgan fingerprint density at radius 2 is 2.19 bits per heavy atom. The van der Waals surface area contributed by atoms with E-state index in [4.69, 9.17) is 0 Å². The number of rotatable bonds is 3. The molecule has 1 aliphatic heterocycles. The molecule has 0 aliphatic carbocycles. The van der Waals surface area contributed by atoms with E-state index < -0.39 is 0 Å². The molecule has 0 aromatic heterocycles. The topological polar surface area (TPSA) is 15.3 Å². The maximum atomic E-state index is 3.69. The zero-order valence-electron chi connectivity index (χ0n) is 11.4. The van der Waals surface area contributed by atoms with Crippen molar-refractivity contribution in [3.63, 3.8) is 0 Å². The molecular formula is C14H26N2. The van der Waals surface area contributed by atoms with Crippen LogP contribution in [0.25, 0.3) is 0 Å². The molecule has 2 nitrogen and oxygen atoms in total. The molecule has 0 spiro atoms. The van der Waals surface area contributed by atoms with Gasteiger partial charge in [-0.25, -0.2) is 0 Å². The first-order chi connectivity index (χ1) is 7.52. The normalized spacial score (nSPS) is 31.2. The molecule has 1 heterocycles. The molecule has 2 unspecified atom stereocenters. The maximum absolute atomic E-state index is 3.69. The lowest BCUT2D eigenvalue weighted by Crippen LogP contribution is -2.63. The summed E-state index contributed by atoms with van der Waals surface area (Å²) in [6.07, 6.45) is 1.17. The van der Waals surface area contributed by atoms with Gasteiger partial charge in [0.25, 0.3) is 0 Å². The molecule has 0 aromatic carbocycles. The predicted molar refractivity (Wildman–Crippen MR) is 70.3 cm³/mol. The van der Waals surface area contributed by atoms with Crippen LogP contribution in [0.4, 0.5) is 0 Å². The zero-order chi connectivity index (χ0) is 12.2. The fourth-order valence-corrected chi connectivity index (χ4v) is 2.35. The summed E-state index contributed by atoms with van der Waals surface area (Å²) in [5.41, 5.74) is 0.265. The van der Waals surface area contributed by atoms with E-state index in [2.05, 4.69) is 49.8 Å². The van der Waals surface area contributed by atoms with Gasteiger partial charge < -0.3 is 5.32 Å². The second-order valence-electron chi connectivity index (χ2n) is 5.44.